The molecule has 0 aliphatic carbocycles. The van der Waals surface area contributed by atoms with Gasteiger partial charge in [0.15, 0.2) is 5.82 Å². The summed E-state index contributed by atoms with van der Waals surface area (Å²) in [6.45, 7) is 16.3. The summed E-state index contributed by atoms with van der Waals surface area (Å²) >= 11 is 0. The molecule has 218 valence electrons. The van der Waals surface area contributed by atoms with Crippen molar-refractivity contribution in [3.63, 3.8) is 0 Å². The minimum Gasteiger partial charge on any atom is -0.494 e. The number of morpholine rings is 1. The molecule has 11 heteroatoms. The van der Waals surface area contributed by atoms with Crippen molar-refractivity contribution in [1.82, 2.24) is 19.8 Å². The number of hydrogen-bond acceptors (Lipinski definition) is 10. The molecule has 2 fully saturated rings. The van der Waals surface area contributed by atoms with Crippen molar-refractivity contribution in [2.75, 3.05) is 99.7 Å². The van der Waals surface area contributed by atoms with Gasteiger partial charge in [-0.3, -0.25) is 14.6 Å². The first-order valence-corrected chi connectivity index (χ1v) is 14.5. The van der Waals surface area contributed by atoms with Crippen LogP contribution >= 0.6 is 0 Å². The molecule has 2 aromatic rings. The van der Waals surface area contributed by atoms with Crippen molar-refractivity contribution in [3.05, 3.63) is 24.4 Å². The third-order valence-corrected chi connectivity index (χ3v) is 8.26. The van der Waals surface area contributed by atoms with Crippen molar-refractivity contribution >= 4 is 34.7 Å². The van der Waals surface area contributed by atoms with Gasteiger partial charge >= 0.3 is 0 Å². The predicted octanol–water partition coefficient (Wildman–Crippen LogP) is 2.65. The molecule has 1 amide bonds. The SMILES string of the molecule is CC[C@@H]1C(=O)N(C)c2cnc(Nc3ccc(N4CCN(CCN5CCOCC5)CC4)cc3OC)nc2N1C(C)C. The number of methoxy groups -OCH3 is 1. The molecule has 40 heavy (non-hydrogen) atoms. The van der Waals surface area contributed by atoms with E-state index in [0.717, 1.165) is 94.2 Å². The maximum atomic E-state index is 13.0. The average molecular weight is 553 g/mol. The fourth-order valence-electron chi connectivity index (χ4n) is 5.88. The molecule has 2 saturated heterocycles. The van der Waals surface area contributed by atoms with Crippen LogP contribution in [-0.4, -0.2) is 117 Å². The molecule has 0 radical (unpaired) electrons. The van der Waals surface area contributed by atoms with Crippen LogP contribution in [0.2, 0.25) is 0 Å². The Morgan fingerprint density at radius 1 is 1.07 bits per heavy atom. The molecule has 1 N–H and O–H groups in total. The van der Waals surface area contributed by atoms with Crippen LogP contribution in [-0.2, 0) is 9.53 Å². The lowest BCUT2D eigenvalue weighted by Gasteiger charge is -2.42. The second-order valence-corrected chi connectivity index (χ2v) is 11.0. The van der Waals surface area contributed by atoms with E-state index in [2.05, 4.69) is 55.9 Å². The van der Waals surface area contributed by atoms with Crippen LogP contribution in [0.15, 0.2) is 24.4 Å². The second kappa shape index (κ2) is 12.6. The highest BCUT2D eigenvalue weighted by atomic mass is 16.5. The van der Waals surface area contributed by atoms with Crippen LogP contribution in [0, 0.1) is 0 Å². The van der Waals surface area contributed by atoms with Gasteiger partial charge in [-0.2, -0.15) is 4.98 Å². The van der Waals surface area contributed by atoms with Gasteiger partial charge in [-0.15, -0.1) is 0 Å². The molecule has 3 aliphatic heterocycles. The van der Waals surface area contributed by atoms with E-state index in [9.17, 15) is 4.79 Å². The van der Waals surface area contributed by atoms with Crippen molar-refractivity contribution in [2.24, 2.45) is 0 Å². The molecular weight excluding hydrogens is 508 g/mol. The smallest absolute Gasteiger partial charge is 0.249 e. The van der Waals surface area contributed by atoms with Gasteiger partial charge in [0.1, 0.15) is 17.5 Å². The fourth-order valence-corrected chi connectivity index (χ4v) is 5.88. The number of amides is 1. The first-order valence-electron chi connectivity index (χ1n) is 14.5. The van der Waals surface area contributed by atoms with Crippen LogP contribution in [0.4, 0.5) is 28.8 Å². The Labute approximate surface area is 238 Å². The Balaban J connectivity index is 1.25. The molecule has 0 saturated carbocycles. The summed E-state index contributed by atoms with van der Waals surface area (Å²) in [6.07, 6.45) is 2.44. The first kappa shape index (κ1) is 28.4. The maximum absolute atomic E-state index is 13.0. The monoisotopic (exact) mass is 552 g/mol. The van der Waals surface area contributed by atoms with E-state index in [4.69, 9.17) is 14.5 Å². The highest BCUT2D eigenvalue weighted by Crippen LogP contribution is 2.37. The summed E-state index contributed by atoms with van der Waals surface area (Å²) in [6, 6.07) is 6.13. The van der Waals surface area contributed by atoms with Crippen molar-refractivity contribution < 1.29 is 14.3 Å². The van der Waals surface area contributed by atoms with Crippen LogP contribution in [0.25, 0.3) is 0 Å². The van der Waals surface area contributed by atoms with Crippen molar-refractivity contribution in [2.45, 2.75) is 39.3 Å². The zero-order valence-corrected chi connectivity index (χ0v) is 24.6. The van der Waals surface area contributed by atoms with Crippen LogP contribution in [0.5, 0.6) is 5.75 Å². The largest absolute Gasteiger partial charge is 0.494 e. The van der Waals surface area contributed by atoms with Gasteiger partial charge < -0.3 is 29.5 Å². The summed E-state index contributed by atoms with van der Waals surface area (Å²) in [4.78, 5) is 33.6. The predicted molar refractivity (Wildman–Crippen MR) is 159 cm³/mol. The number of piperazine rings is 1. The average Bonchev–Trinajstić information content (AvgIpc) is 2.98. The zero-order valence-electron chi connectivity index (χ0n) is 24.6. The van der Waals surface area contributed by atoms with E-state index >= 15 is 0 Å². The number of carbonyl (C=O) groups excluding carboxylic acids is 1. The fraction of sp³-hybridized carbons (Fsp3) is 0.621. The lowest BCUT2D eigenvalue weighted by Crippen LogP contribution is -2.54. The van der Waals surface area contributed by atoms with E-state index in [1.165, 1.54) is 0 Å². The molecule has 1 aromatic carbocycles. The molecule has 0 bridgehead atoms. The highest BCUT2D eigenvalue weighted by molar-refractivity contribution is 6.04. The summed E-state index contributed by atoms with van der Waals surface area (Å²) in [5, 5.41) is 3.36. The second-order valence-electron chi connectivity index (χ2n) is 11.0. The van der Waals surface area contributed by atoms with Crippen molar-refractivity contribution in [3.8, 4) is 5.75 Å². The number of ether oxygens (including phenoxy) is 2. The number of fused-ring (bicyclic) bond motifs is 1. The van der Waals surface area contributed by atoms with Gasteiger partial charge in [-0.25, -0.2) is 4.98 Å². The van der Waals surface area contributed by atoms with Crippen LogP contribution in [0.1, 0.15) is 27.2 Å². The zero-order chi connectivity index (χ0) is 28.2. The van der Waals surface area contributed by atoms with Gasteiger partial charge in [0.05, 0.1) is 32.2 Å². The Kier molecular flexibility index (Phi) is 8.92. The Bertz CT molecular complexity index is 1160. The van der Waals surface area contributed by atoms with Crippen LogP contribution in [0.3, 0.4) is 0 Å². The molecular formula is C29H44N8O3. The molecule has 1 aromatic heterocycles. The number of benzene rings is 1. The van der Waals surface area contributed by atoms with E-state index in [0.29, 0.717) is 12.4 Å². The normalized spacial score (nSPS) is 20.7. The first-order chi connectivity index (χ1) is 19.4. The Hall–Kier alpha value is -3.15. The van der Waals surface area contributed by atoms with Crippen LogP contribution < -0.4 is 24.8 Å². The summed E-state index contributed by atoms with van der Waals surface area (Å²) in [5.41, 5.74) is 2.68. The third-order valence-electron chi connectivity index (χ3n) is 8.26. The van der Waals surface area contributed by atoms with E-state index in [-0.39, 0.29) is 18.0 Å². The van der Waals surface area contributed by atoms with Gasteiger partial charge in [-0.05, 0) is 32.4 Å². The summed E-state index contributed by atoms with van der Waals surface area (Å²) in [5.74, 6) is 2.06. The van der Waals surface area contributed by atoms with Gasteiger partial charge in [0, 0.05) is 77.2 Å². The highest BCUT2D eigenvalue weighted by Gasteiger charge is 2.38. The quantitative estimate of drug-likeness (QED) is 0.501. The molecule has 11 nitrogen and oxygen atoms in total. The molecule has 5 rings (SSSR count). The topological polar surface area (TPSA) is 89.5 Å². The summed E-state index contributed by atoms with van der Waals surface area (Å²) in [7, 11) is 3.48. The molecule has 1 atom stereocenters. The number of likely N-dealkylation sites (N-methyl/N-ethyl adjacent to an activating group) is 1. The lowest BCUT2D eigenvalue weighted by atomic mass is 10.1. The minimum atomic E-state index is -0.242. The molecule has 4 heterocycles. The Morgan fingerprint density at radius 2 is 1.77 bits per heavy atom. The number of nitrogens with zero attached hydrogens (tertiary/aromatic N) is 7. The molecule has 0 unspecified atom stereocenters. The van der Waals surface area contributed by atoms with E-state index < -0.39 is 0 Å². The Morgan fingerprint density at radius 3 is 2.42 bits per heavy atom. The third kappa shape index (κ3) is 5.96. The molecule has 0 spiro atoms. The standard InChI is InChI=1S/C29H44N8O3/c1-6-24-28(38)33(4)25-20-30-29(32-27(25)37(24)21(2)3)31-23-8-7-22(19-26(23)39-5)36-13-11-34(12-14-36)9-10-35-15-17-40-18-16-35/h7-8,19-21,24H,6,9-18H2,1-5H3,(H,30,31,32)/t24-/m1/s1. The van der Waals surface area contributed by atoms with E-state index in [1.54, 1.807) is 25.3 Å². The number of nitrogens with one attached hydrogen (secondary N) is 1. The maximum Gasteiger partial charge on any atom is 0.249 e. The molecule has 3 aliphatic rings. The number of aromatic nitrogens is 2. The number of rotatable bonds is 9. The summed E-state index contributed by atoms with van der Waals surface area (Å²) < 4.78 is 11.2. The van der Waals surface area contributed by atoms with E-state index in [1.807, 2.05) is 13.0 Å². The number of hydrogen-bond donors (Lipinski definition) is 1. The van der Waals surface area contributed by atoms with Gasteiger partial charge in [0.2, 0.25) is 11.9 Å². The van der Waals surface area contributed by atoms with Crippen molar-refractivity contribution in [1.29, 1.82) is 0 Å². The number of anilines is 5. The number of carbonyl (C=O) groups is 1. The lowest BCUT2D eigenvalue weighted by molar-refractivity contribution is -0.120. The van der Waals surface area contributed by atoms with Gasteiger partial charge in [-0.1, -0.05) is 6.92 Å². The minimum absolute atomic E-state index is 0.0724. The van der Waals surface area contributed by atoms with Gasteiger partial charge in [0.25, 0.3) is 0 Å².